The molecule has 0 saturated carbocycles. The second-order valence-electron chi connectivity index (χ2n) is 5.29. The molecule has 0 bridgehead atoms. The summed E-state index contributed by atoms with van der Waals surface area (Å²) in [5.74, 6) is 6.34. The molecule has 0 fully saturated rings. The zero-order chi connectivity index (χ0) is 16.1. The van der Waals surface area contributed by atoms with Crippen LogP contribution in [-0.4, -0.2) is 8.42 Å². The zero-order valence-electron chi connectivity index (χ0n) is 13.4. The van der Waals surface area contributed by atoms with Crippen molar-refractivity contribution in [2.24, 2.45) is 0 Å². The highest BCUT2D eigenvalue weighted by Crippen LogP contribution is 2.11. The predicted octanol–water partition coefficient (Wildman–Crippen LogP) is 5.12. The van der Waals surface area contributed by atoms with E-state index in [4.69, 9.17) is 0 Å². The highest BCUT2D eigenvalue weighted by atomic mass is 32.2. The van der Waals surface area contributed by atoms with Crippen LogP contribution in [0.25, 0.3) is 0 Å². The van der Waals surface area contributed by atoms with Crippen LogP contribution >= 0.6 is 0 Å². The lowest BCUT2D eigenvalue weighted by Gasteiger charge is -1.97. The first-order valence-corrected chi connectivity index (χ1v) is 9.64. The van der Waals surface area contributed by atoms with E-state index < -0.39 is 9.84 Å². The summed E-state index contributed by atoms with van der Waals surface area (Å²) in [4.78, 5) is 0.345. The van der Waals surface area contributed by atoms with Gasteiger partial charge in [0.1, 0.15) is 0 Å². The van der Waals surface area contributed by atoms with E-state index in [1.54, 1.807) is 30.3 Å². The molecule has 0 aliphatic carbocycles. The van der Waals surface area contributed by atoms with Gasteiger partial charge in [0.25, 0.3) is 0 Å². The van der Waals surface area contributed by atoms with E-state index in [2.05, 4.69) is 18.8 Å². The van der Waals surface area contributed by atoms with Gasteiger partial charge in [0.05, 0.1) is 4.90 Å². The summed E-state index contributed by atoms with van der Waals surface area (Å²) in [7, 11) is -3.29. The van der Waals surface area contributed by atoms with Gasteiger partial charge in [-0.3, -0.25) is 0 Å². The van der Waals surface area contributed by atoms with Gasteiger partial charge in [0.2, 0.25) is 0 Å². The maximum atomic E-state index is 12.0. The molecule has 0 aliphatic heterocycles. The molecule has 0 radical (unpaired) electrons. The normalized spacial score (nSPS) is 11.3. The van der Waals surface area contributed by atoms with Crippen LogP contribution in [0.15, 0.2) is 46.7 Å². The molecule has 0 saturated heterocycles. The van der Waals surface area contributed by atoms with Crippen LogP contribution < -0.4 is 0 Å². The third kappa shape index (κ3) is 8.05. The van der Waals surface area contributed by atoms with Gasteiger partial charge in [-0.2, -0.15) is 0 Å². The number of sulfone groups is 1. The van der Waals surface area contributed by atoms with E-state index in [-0.39, 0.29) is 0 Å². The van der Waals surface area contributed by atoms with Crippen LogP contribution in [0.4, 0.5) is 0 Å². The Kier molecular flexibility index (Phi) is 9.34. The van der Waals surface area contributed by atoms with Crippen molar-refractivity contribution in [1.29, 1.82) is 0 Å². The number of benzene rings is 1. The van der Waals surface area contributed by atoms with Crippen molar-refractivity contribution in [3.63, 3.8) is 0 Å². The Morgan fingerprint density at radius 2 is 1.64 bits per heavy atom. The molecular formula is C19H26O2S. The van der Waals surface area contributed by atoms with Crippen molar-refractivity contribution in [3.8, 4) is 11.8 Å². The molecule has 0 atom stereocenters. The van der Waals surface area contributed by atoms with E-state index in [0.717, 1.165) is 25.7 Å². The molecule has 0 unspecified atom stereocenters. The average Bonchev–Trinajstić information content (AvgIpc) is 2.53. The van der Waals surface area contributed by atoms with Crippen LogP contribution in [-0.2, 0) is 9.84 Å². The minimum atomic E-state index is -3.29. The van der Waals surface area contributed by atoms with E-state index in [1.807, 2.05) is 6.07 Å². The third-order valence-corrected chi connectivity index (χ3v) is 4.78. The first kappa shape index (κ1) is 18.5. The first-order valence-electron chi connectivity index (χ1n) is 8.09. The zero-order valence-corrected chi connectivity index (χ0v) is 14.2. The van der Waals surface area contributed by atoms with Gasteiger partial charge in [-0.1, -0.05) is 50.5 Å². The molecular weight excluding hydrogens is 292 g/mol. The highest BCUT2D eigenvalue weighted by molar-refractivity contribution is 7.94. The maximum Gasteiger partial charge on any atom is 0.199 e. The Hall–Kier alpha value is -1.53. The third-order valence-electron chi connectivity index (χ3n) is 3.30. The molecule has 0 N–H and O–H groups in total. The topological polar surface area (TPSA) is 34.1 Å². The summed E-state index contributed by atoms with van der Waals surface area (Å²) in [5.41, 5.74) is 0. The Morgan fingerprint density at radius 1 is 0.955 bits per heavy atom. The molecule has 0 aromatic heterocycles. The van der Waals surface area contributed by atoms with Crippen LogP contribution in [0.1, 0.15) is 58.3 Å². The fourth-order valence-corrected chi connectivity index (χ4v) is 3.09. The summed E-state index contributed by atoms with van der Waals surface area (Å²) in [5, 5.41) is 1.31. The molecule has 2 nitrogen and oxygen atoms in total. The smallest absolute Gasteiger partial charge is 0.199 e. The lowest BCUT2D eigenvalue weighted by molar-refractivity contribution is 0.604. The second kappa shape index (κ2) is 11.1. The van der Waals surface area contributed by atoms with Gasteiger partial charge in [0, 0.05) is 18.2 Å². The van der Waals surface area contributed by atoms with Crippen molar-refractivity contribution in [2.45, 2.75) is 63.2 Å². The molecule has 0 aliphatic rings. The SMILES string of the molecule is CCCCCCC#CCCC/C=C/S(=O)(=O)c1ccccc1. The second-order valence-corrected chi connectivity index (χ2v) is 7.12. The van der Waals surface area contributed by atoms with Crippen molar-refractivity contribution in [2.75, 3.05) is 0 Å². The highest BCUT2D eigenvalue weighted by Gasteiger charge is 2.07. The number of hydrogen-bond donors (Lipinski definition) is 0. The van der Waals surface area contributed by atoms with Crippen LogP contribution in [0.2, 0.25) is 0 Å². The van der Waals surface area contributed by atoms with Gasteiger partial charge in [0.15, 0.2) is 9.84 Å². The van der Waals surface area contributed by atoms with Gasteiger partial charge >= 0.3 is 0 Å². The monoisotopic (exact) mass is 318 g/mol. The quantitative estimate of drug-likeness (QED) is 0.468. The fraction of sp³-hybridized carbons (Fsp3) is 0.474. The van der Waals surface area contributed by atoms with Crippen LogP contribution in [0, 0.1) is 11.8 Å². The van der Waals surface area contributed by atoms with E-state index in [1.165, 1.54) is 31.1 Å². The van der Waals surface area contributed by atoms with E-state index in [9.17, 15) is 8.42 Å². The van der Waals surface area contributed by atoms with E-state index >= 15 is 0 Å². The summed E-state index contributed by atoms with van der Waals surface area (Å²) < 4.78 is 24.0. The number of unbranched alkanes of at least 4 members (excludes halogenated alkanes) is 6. The summed E-state index contributed by atoms with van der Waals surface area (Å²) in [6.07, 6.45) is 10.2. The van der Waals surface area contributed by atoms with Crippen molar-refractivity contribution >= 4 is 9.84 Å². The number of allylic oxidation sites excluding steroid dienone is 1. The molecule has 3 heteroatoms. The van der Waals surface area contributed by atoms with Gasteiger partial charge in [-0.05, 0) is 31.4 Å². The molecule has 1 rings (SSSR count). The Balaban J connectivity index is 2.21. The summed E-state index contributed by atoms with van der Waals surface area (Å²) in [6, 6.07) is 8.50. The van der Waals surface area contributed by atoms with Crippen LogP contribution in [0.3, 0.4) is 0 Å². The lowest BCUT2D eigenvalue weighted by atomic mass is 10.1. The van der Waals surface area contributed by atoms with Crippen molar-refractivity contribution in [3.05, 3.63) is 41.8 Å². The number of rotatable bonds is 9. The molecule has 1 aromatic carbocycles. The standard InChI is InChI=1S/C19H26O2S/c1-2-3-4-5-6-7-8-9-10-11-15-18-22(20,21)19-16-13-12-14-17-19/h12-18H,2-6,9-11H2,1H3/b18-15+. The van der Waals surface area contributed by atoms with Gasteiger partial charge in [-0.25, -0.2) is 8.42 Å². The Morgan fingerprint density at radius 3 is 2.32 bits per heavy atom. The predicted molar refractivity (Wildman–Crippen MR) is 93.2 cm³/mol. The minimum absolute atomic E-state index is 0.345. The fourth-order valence-electron chi connectivity index (χ4n) is 2.01. The van der Waals surface area contributed by atoms with Gasteiger partial charge in [-0.15, -0.1) is 11.8 Å². The van der Waals surface area contributed by atoms with E-state index in [0.29, 0.717) is 4.90 Å². The molecule has 0 spiro atoms. The molecule has 1 aromatic rings. The molecule has 0 amide bonds. The Labute approximate surface area is 135 Å². The summed E-state index contributed by atoms with van der Waals surface area (Å²) in [6.45, 7) is 2.21. The van der Waals surface area contributed by atoms with Crippen molar-refractivity contribution < 1.29 is 8.42 Å². The van der Waals surface area contributed by atoms with Gasteiger partial charge < -0.3 is 0 Å². The average molecular weight is 318 g/mol. The lowest BCUT2D eigenvalue weighted by Crippen LogP contribution is -1.95. The largest absolute Gasteiger partial charge is 0.219 e. The molecule has 0 heterocycles. The number of hydrogen-bond acceptors (Lipinski definition) is 2. The molecule has 22 heavy (non-hydrogen) atoms. The minimum Gasteiger partial charge on any atom is -0.219 e. The Bertz CT molecular complexity index is 589. The van der Waals surface area contributed by atoms with Crippen molar-refractivity contribution in [1.82, 2.24) is 0 Å². The van der Waals surface area contributed by atoms with Crippen LogP contribution in [0.5, 0.6) is 0 Å². The maximum absolute atomic E-state index is 12.0. The summed E-state index contributed by atoms with van der Waals surface area (Å²) >= 11 is 0. The molecule has 120 valence electrons. The first-order chi connectivity index (χ1) is 10.7.